The molecule has 0 unspecified atom stereocenters. The van der Waals surface area contributed by atoms with E-state index in [2.05, 4.69) is 163 Å². The van der Waals surface area contributed by atoms with Crippen molar-refractivity contribution < 1.29 is 4.74 Å². The maximum Gasteiger partial charge on any atom is 0.131 e. The molecule has 0 atom stereocenters. The lowest BCUT2D eigenvalue weighted by Crippen LogP contribution is -2.25. The van der Waals surface area contributed by atoms with E-state index in [1.165, 1.54) is 38.8 Å². The highest BCUT2D eigenvalue weighted by Gasteiger charge is 2.32. The average molecular weight is 714 g/mol. The zero-order valence-corrected chi connectivity index (χ0v) is 31.0. The van der Waals surface area contributed by atoms with Crippen molar-refractivity contribution in [2.45, 2.75) is 20.8 Å². The second-order valence-corrected chi connectivity index (χ2v) is 14.4. The zero-order chi connectivity index (χ0) is 37.0. The van der Waals surface area contributed by atoms with Gasteiger partial charge >= 0.3 is 0 Å². The molecule has 0 bridgehead atoms. The smallest absolute Gasteiger partial charge is 0.131 e. The highest BCUT2D eigenvalue weighted by atomic mass is 16.5. The van der Waals surface area contributed by atoms with Gasteiger partial charge < -0.3 is 19.1 Å². The number of aromatic nitrogens is 3. The van der Waals surface area contributed by atoms with Gasteiger partial charge in [-0.1, -0.05) is 103 Å². The normalized spacial score (nSPS) is 12.5. The monoisotopic (exact) mass is 713 g/mol. The summed E-state index contributed by atoms with van der Waals surface area (Å²) < 4.78 is 11.1. The van der Waals surface area contributed by atoms with Crippen LogP contribution in [0.5, 0.6) is 11.5 Å². The molecular weight excluding hydrogens is 675 g/mol. The largest absolute Gasteiger partial charge is 0.457 e. The maximum atomic E-state index is 6.88. The number of nitrogens with zero attached hydrogens (tertiary/aromatic N) is 5. The molecule has 0 saturated carbocycles. The van der Waals surface area contributed by atoms with Crippen molar-refractivity contribution in [2.24, 2.45) is 0 Å². The summed E-state index contributed by atoms with van der Waals surface area (Å²) in [6, 6.07) is 55.5. The SMILES string of the molecule is Cc1cc(C)c(N2CN(c3cc(Oc4cccc(-n5cc(-c6ccccc6)cn5)c4)cc4c3c3ccccc3n4-c3ccccc3)c3ccccc32)c(C)c1. The first-order valence-corrected chi connectivity index (χ1v) is 18.7. The number of para-hydroxylation sites is 4. The Morgan fingerprint density at radius 3 is 1.98 bits per heavy atom. The summed E-state index contributed by atoms with van der Waals surface area (Å²) >= 11 is 0. The van der Waals surface area contributed by atoms with Crippen LogP contribution in [-0.2, 0) is 0 Å². The summed E-state index contributed by atoms with van der Waals surface area (Å²) in [4.78, 5) is 4.92. The summed E-state index contributed by atoms with van der Waals surface area (Å²) in [5.41, 5.74) is 14.9. The van der Waals surface area contributed by atoms with Gasteiger partial charge in [0.05, 0.1) is 40.0 Å². The van der Waals surface area contributed by atoms with Crippen LogP contribution in [0.1, 0.15) is 16.7 Å². The van der Waals surface area contributed by atoms with Crippen LogP contribution in [0, 0.1) is 20.8 Å². The number of hydrogen-bond donors (Lipinski definition) is 0. The van der Waals surface area contributed by atoms with Gasteiger partial charge in [0, 0.05) is 52.1 Å². The molecule has 9 aromatic rings. The van der Waals surface area contributed by atoms with Gasteiger partial charge in [-0.2, -0.15) is 5.10 Å². The summed E-state index contributed by atoms with van der Waals surface area (Å²) in [6.07, 6.45) is 3.97. The molecule has 0 N–H and O–H groups in total. The van der Waals surface area contributed by atoms with E-state index in [0.717, 1.165) is 56.4 Å². The summed E-state index contributed by atoms with van der Waals surface area (Å²) in [6.45, 7) is 7.28. The van der Waals surface area contributed by atoms with Crippen molar-refractivity contribution in [1.82, 2.24) is 14.3 Å². The third kappa shape index (κ3) is 5.62. The molecule has 1 aliphatic heterocycles. The molecule has 0 saturated heterocycles. The highest BCUT2D eigenvalue weighted by molar-refractivity contribution is 6.17. The summed E-state index contributed by atoms with van der Waals surface area (Å²) in [7, 11) is 0. The number of aryl methyl sites for hydroxylation is 3. The fraction of sp³-hybridized carbons (Fsp3) is 0.0816. The molecule has 6 heteroatoms. The van der Waals surface area contributed by atoms with Crippen molar-refractivity contribution in [1.29, 1.82) is 0 Å². The van der Waals surface area contributed by atoms with Crippen LogP contribution >= 0.6 is 0 Å². The van der Waals surface area contributed by atoms with Crippen LogP contribution < -0.4 is 14.5 Å². The van der Waals surface area contributed by atoms with Crippen molar-refractivity contribution in [3.05, 3.63) is 187 Å². The van der Waals surface area contributed by atoms with Crippen molar-refractivity contribution in [3.8, 4) is 34.0 Å². The fourth-order valence-electron chi connectivity index (χ4n) is 8.45. The van der Waals surface area contributed by atoms with Crippen molar-refractivity contribution >= 4 is 44.6 Å². The van der Waals surface area contributed by atoms with E-state index >= 15 is 0 Å². The lowest BCUT2D eigenvalue weighted by Gasteiger charge is -2.26. The van der Waals surface area contributed by atoms with Crippen LogP contribution in [0.25, 0.3) is 44.3 Å². The molecule has 0 spiro atoms. The lowest BCUT2D eigenvalue weighted by atomic mass is 10.0. The molecule has 2 aromatic heterocycles. The number of ether oxygens (including phenoxy) is 1. The molecule has 6 nitrogen and oxygen atoms in total. The van der Waals surface area contributed by atoms with Crippen LogP contribution in [0.4, 0.5) is 22.7 Å². The minimum Gasteiger partial charge on any atom is -0.457 e. The van der Waals surface area contributed by atoms with Crippen LogP contribution in [-0.4, -0.2) is 21.0 Å². The molecule has 7 aromatic carbocycles. The third-order valence-corrected chi connectivity index (χ3v) is 10.7. The van der Waals surface area contributed by atoms with E-state index in [9.17, 15) is 0 Å². The Balaban J connectivity index is 1.14. The Bertz CT molecular complexity index is 2850. The fourth-order valence-corrected chi connectivity index (χ4v) is 8.45. The second kappa shape index (κ2) is 13.1. The first-order valence-electron chi connectivity index (χ1n) is 18.7. The molecule has 10 rings (SSSR count). The number of benzene rings is 7. The topological polar surface area (TPSA) is 38.5 Å². The van der Waals surface area contributed by atoms with E-state index in [-0.39, 0.29) is 0 Å². The summed E-state index contributed by atoms with van der Waals surface area (Å²) in [5.74, 6) is 1.49. The maximum absolute atomic E-state index is 6.88. The third-order valence-electron chi connectivity index (χ3n) is 10.7. The quantitative estimate of drug-likeness (QED) is 0.165. The molecule has 266 valence electrons. The van der Waals surface area contributed by atoms with Gasteiger partial charge in [0.25, 0.3) is 0 Å². The standard InChI is InChI=1S/C49H39N5O/c1-33-25-34(2)49(35(3)26-33)52-32-51(44-23-12-13-24-45(44)52)46-28-41(29-47-48(46)42-21-10-11-22-43(42)54(47)38-17-8-5-9-18-38)55-40-20-14-19-39(27-40)53-31-37(30-50-53)36-15-6-4-7-16-36/h4-31H,32H2,1-3H3. The van der Waals surface area contributed by atoms with E-state index in [1.54, 1.807) is 0 Å². The number of rotatable bonds is 7. The highest BCUT2D eigenvalue weighted by Crippen LogP contribution is 2.50. The van der Waals surface area contributed by atoms with E-state index in [1.807, 2.05) is 47.3 Å². The minimum atomic E-state index is 0.659. The lowest BCUT2D eigenvalue weighted by molar-refractivity contribution is 0.483. The Labute approximate surface area is 320 Å². The van der Waals surface area contributed by atoms with E-state index < -0.39 is 0 Å². The van der Waals surface area contributed by atoms with Crippen LogP contribution in [0.15, 0.2) is 170 Å². The second-order valence-electron chi connectivity index (χ2n) is 14.4. The van der Waals surface area contributed by atoms with Crippen molar-refractivity contribution in [2.75, 3.05) is 16.5 Å². The molecular formula is C49H39N5O. The number of anilines is 4. The molecule has 1 aliphatic rings. The molecule has 3 heterocycles. The van der Waals surface area contributed by atoms with Crippen molar-refractivity contribution in [3.63, 3.8) is 0 Å². The molecule has 55 heavy (non-hydrogen) atoms. The Morgan fingerprint density at radius 1 is 0.527 bits per heavy atom. The Hall–Kier alpha value is -7.05. The Kier molecular flexibility index (Phi) is 7.77. The molecule has 0 aliphatic carbocycles. The van der Waals surface area contributed by atoms with E-state index in [4.69, 9.17) is 9.84 Å². The van der Waals surface area contributed by atoms with Gasteiger partial charge in [0.2, 0.25) is 0 Å². The van der Waals surface area contributed by atoms with Gasteiger partial charge in [-0.25, -0.2) is 4.68 Å². The predicted molar refractivity (Wildman–Crippen MR) is 226 cm³/mol. The predicted octanol–water partition coefficient (Wildman–Crippen LogP) is 12.6. The first-order chi connectivity index (χ1) is 27.0. The molecule has 0 radical (unpaired) electrons. The van der Waals surface area contributed by atoms with Gasteiger partial charge in [0.1, 0.15) is 18.2 Å². The first kappa shape index (κ1) is 32.6. The van der Waals surface area contributed by atoms with Crippen LogP contribution in [0.3, 0.4) is 0 Å². The molecule has 0 amide bonds. The molecule has 0 fully saturated rings. The Morgan fingerprint density at radius 2 is 1.20 bits per heavy atom. The van der Waals surface area contributed by atoms with E-state index in [0.29, 0.717) is 6.67 Å². The van der Waals surface area contributed by atoms with Crippen LogP contribution in [0.2, 0.25) is 0 Å². The van der Waals surface area contributed by atoms with Gasteiger partial charge in [-0.05, 0) is 79.9 Å². The average Bonchev–Trinajstić information content (AvgIpc) is 3.94. The number of fused-ring (bicyclic) bond motifs is 4. The summed E-state index contributed by atoms with van der Waals surface area (Å²) in [5, 5.41) is 7.08. The van der Waals surface area contributed by atoms with Gasteiger partial charge in [0.15, 0.2) is 0 Å². The minimum absolute atomic E-state index is 0.659. The van der Waals surface area contributed by atoms with Gasteiger partial charge in [-0.15, -0.1) is 0 Å². The van der Waals surface area contributed by atoms with Gasteiger partial charge in [-0.3, -0.25) is 0 Å². The number of hydrogen-bond acceptors (Lipinski definition) is 4. The zero-order valence-electron chi connectivity index (χ0n) is 31.0.